The van der Waals surface area contributed by atoms with Gasteiger partial charge in [-0.15, -0.1) is 0 Å². The van der Waals surface area contributed by atoms with Gasteiger partial charge in [0.25, 0.3) is 0 Å². The maximum Gasteiger partial charge on any atom is 0.202 e. The van der Waals surface area contributed by atoms with Crippen LogP contribution in [-0.4, -0.2) is 30.6 Å². The lowest BCUT2D eigenvalue weighted by Gasteiger charge is -2.31. The van der Waals surface area contributed by atoms with Crippen LogP contribution in [0.5, 0.6) is 0 Å². The van der Waals surface area contributed by atoms with E-state index >= 15 is 0 Å². The Labute approximate surface area is 128 Å². The van der Waals surface area contributed by atoms with Crippen LogP contribution in [0.3, 0.4) is 0 Å². The van der Waals surface area contributed by atoms with Crippen molar-refractivity contribution >= 4 is 27.5 Å². The van der Waals surface area contributed by atoms with E-state index in [1.54, 1.807) is 0 Å². The molecule has 1 fully saturated rings. The molecule has 3 unspecified atom stereocenters. The quantitative estimate of drug-likeness (QED) is 0.875. The van der Waals surface area contributed by atoms with Crippen LogP contribution in [-0.2, 0) is 17.2 Å². The van der Waals surface area contributed by atoms with Gasteiger partial charge in [0, 0.05) is 40.5 Å². The molecule has 2 rings (SSSR count). The SMILES string of the molecule is CCS(=O)C1CCCCC1Nc1nc(CC(C)C)ns1. The van der Waals surface area contributed by atoms with Gasteiger partial charge in [-0.1, -0.05) is 33.6 Å². The van der Waals surface area contributed by atoms with Crippen molar-refractivity contribution in [1.29, 1.82) is 0 Å². The average Bonchev–Trinajstić information content (AvgIpc) is 2.85. The van der Waals surface area contributed by atoms with Gasteiger partial charge >= 0.3 is 0 Å². The molecule has 0 bridgehead atoms. The Morgan fingerprint density at radius 1 is 1.40 bits per heavy atom. The molecular formula is C14H25N3OS2. The van der Waals surface area contributed by atoms with E-state index in [4.69, 9.17) is 0 Å². The first-order valence-corrected chi connectivity index (χ1v) is 9.72. The van der Waals surface area contributed by atoms with Crippen LogP contribution >= 0.6 is 11.5 Å². The first-order chi connectivity index (χ1) is 9.60. The Morgan fingerprint density at radius 2 is 2.15 bits per heavy atom. The third kappa shape index (κ3) is 4.25. The molecule has 0 aliphatic heterocycles. The van der Waals surface area contributed by atoms with Crippen LogP contribution in [0.15, 0.2) is 0 Å². The van der Waals surface area contributed by atoms with E-state index in [0.717, 1.165) is 36.0 Å². The van der Waals surface area contributed by atoms with Gasteiger partial charge in [-0.3, -0.25) is 4.21 Å². The van der Waals surface area contributed by atoms with Crippen molar-refractivity contribution in [3.63, 3.8) is 0 Å². The smallest absolute Gasteiger partial charge is 0.202 e. The minimum absolute atomic E-state index is 0.270. The summed E-state index contributed by atoms with van der Waals surface area (Å²) in [6, 6.07) is 0.296. The van der Waals surface area contributed by atoms with Crippen LogP contribution in [0.4, 0.5) is 5.13 Å². The predicted molar refractivity (Wildman–Crippen MR) is 86.8 cm³/mol. The fourth-order valence-corrected chi connectivity index (χ4v) is 4.80. The maximum atomic E-state index is 12.2. The zero-order chi connectivity index (χ0) is 14.5. The van der Waals surface area contributed by atoms with Gasteiger partial charge in [0.2, 0.25) is 5.13 Å². The van der Waals surface area contributed by atoms with Gasteiger partial charge in [0.05, 0.1) is 5.25 Å². The minimum atomic E-state index is -0.726. The van der Waals surface area contributed by atoms with Gasteiger partial charge in [-0.2, -0.15) is 4.37 Å². The number of rotatable bonds is 6. The summed E-state index contributed by atoms with van der Waals surface area (Å²) in [5.74, 6) is 2.25. The van der Waals surface area contributed by atoms with Crippen LogP contribution in [0, 0.1) is 5.92 Å². The fraction of sp³-hybridized carbons (Fsp3) is 0.857. The Balaban J connectivity index is 1.99. The first-order valence-electron chi connectivity index (χ1n) is 7.56. The summed E-state index contributed by atoms with van der Waals surface area (Å²) in [7, 11) is -0.726. The third-order valence-corrected chi connectivity index (χ3v) is 6.19. The number of hydrogen-bond acceptors (Lipinski definition) is 5. The highest BCUT2D eigenvalue weighted by atomic mass is 32.2. The highest BCUT2D eigenvalue weighted by Crippen LogP contribution is 2.27. The second-order valence-electron chi connectivity index (χ2n) is 5.86. The molecule has 1 aromatic rings. The van der Waals surface area contributed by atoms with E-state index in [9.17, 15) is 4.21 Å². The highest BCUT2D eigenvalue weighted by molar-refractivity contribution is 7.85. The van der Waals surface area contributed by atoms with Crippen molar-refractivity contribution in [2.45, 2.75) is 64.2 Å². The third-order valence-electron chi connectivity index (χ3n) is 3.69. The number of nitrogens with zero attached hydrogens (tertiary/aromatic N) is 2. The molecule has 0 aromatic carbocycles. The molecule has 0 saturated heterocycles. The summed E-state index contributed by atoms with van der Waals surface area (Å²) < 4.78 is 16.6. The number of hydrogen-bond donors (Lipinski definition) is 1. The Morgan fingerprint density at radius 3 is 2.85 bits per heavy atom. The van der Waals surface area contributed by atoms with E-state index in [-0.39, 0.29) is 5.25 Å². The Hall–Kier alpha value is -0.490. The topological polar surface area (TPSA) is 54.9 Å². The van der Waals surface area contributed by atoms with E-state index in [2.05, 4.69) is 28.5 Å². The van der Waals surface area contributed by atoms with E-state index < -0.39 is 10.8 Å². The van der Waals surface area contributed by atoms with Gasteiger partial charge in [-0.25, -0.2) is 4.98 Å². The van der Waals surface area contributed by atoms with Gasteiger partial charge < -0.3 is 5.32 Å². The number of aromatic nitrogens is 2. The van der Waals surface area contributed by atoms with E-state index in [1.165, 1.54) is 24.4 Å². The van der Waals surface area contributed by atoms with Crippen LogP contribution in [0.2, 0.25) is 0 Å². The van der Waals surface area contributed by atoms with Crippen molar-refractivity contribution in [3.8, 4) is 0 Å². The predicted octanol–water partition coefficient (Wildman–Crippen LogP) is 3.23. The van der Waals surface area contributed by atoms with Crippen molar-refractivity contribution in [3.05, 3.63) is 5.82 Å². The lowest BCUT2D eigenvalue weighted by atomic mass is 9.95. The molecule has 1 saturated carbocycles. The second-order valence-corrected chi connectivity index (χ2v) is 8.55. The zero-order valence-electron chi connectivity index (χ0n) is 12.6. The minimum Gasteiger partial charge on any atom is -0.356 e. The average molecular weight is 316 g/mol. The molecule has 0 spiro atoms. The van der Waals surface area contributed by atoms with Crippen molar-refractivity contribution in [1.82, 2.24) is 9.36 Å². The summed E-state index contributed by atoms with van der Waals surface area (Å²) in [5.41, 5.74) is 0. The van der Waals surface area contributed by atoms with Crippen LogP contribution < -0.4 is 5.32 Å². The molecule has 114 valence electrons. The monoisotopic (exact) mass is 315 g/mol. The zero-order valence-corrected chi connectivity index (χ0v) is 14.2. The molecule has 1 N–H and O–H groups in total. The molecule has 0 radical (unpaired) electrons. The normalized spacial score (nSPS) is 24.8. The molecule has 1 aliphatic rings. The molecule has 1 aliphatic carbocycles. The molecule has 1 heterocycles. The van der Waals surface area contributed by atoms with Gasteiger partial charge in [0.1, 0.15) is 5.82 Å². The fourth-order valence-electron chi connectivity index (χ4n) is 2.71. The second kappa shape index (κ2) is 7.50. The van der Waals surface area contributed by atoms with E-state index in [0.29, 0.717) is 12.0 Å². The summed E-state index contributed by atoms with van der Waals surface area (Å²) in [4.78, 5) is 4.56. The maximum absolute atomic E-state index is 12.2. The molecule has 6 heteroatoms. The van der Waals surface area contributed by atoms with Crippen molar-refractivity contribution < 1.29 is 4.21 Å². The molecule has 0 amide bonds. The molecular weight excluding hydrogens is 290 g/mol. The molecule has 1 aromatic heterocycles. The first kappa shape index (κ1) is 15.9. The van der Waals surface area contributed by atoms with Crippen molar-refractivity contribution in [2.24, 2.45) is 5.92 Å². The molecule has 20 heavy (non-hydrogen) atoms. The Kier molecular flexibility index (Phi) is 5.96. The molecule has 3 atom stereocenters. The summed E-state index contributed by atoms with van der Waals surface area (Å²) in [6.07, 6.45) is 5.49. The number of anilines is 1. The number of nitrogens with one attached hydrogen (secondary N) is 1. The van der Waals surface area contributed by atoms with Gasteiger partial charge in [-0.05, 0) is 18.8 Å². The largest absolute Gasteiger partial charge is 0.356 e. The molecule has 4 nitrogen and oxygen atoms in total. The van der Waals surface area contributed by atoms with Crippen molar-refractivity contribution in [2.75, 3.05) is 11.1 Å². The summed E-state index contributed by atoms with van der Waals surface area (Å²) in [6.45, 7) is 6.36. The van der Waals surface area contributed by atoms with Gasteiger partial charge in [0.15, 0.2) is 0 Å². The van der Waals surface area contributed by atoms with Crippen LogP contribution in [0.1, 0.15) is 52.3 Å². The summed E-state index contributed by atoms with van der Waals surface area (Å²) >= 11 is 1.44. The Bertz CT molecular complexity index is 447. The lowest BCUT2D eigenvalue weighted by molar-refractivity contribution is 0.465. The lowest BCUT2D eigenvalue weighted by Crippen LogP contribution is -2.40. The van der Waals surface area contributed by atoms with Crippen LogP contribution in [0.25, 0.3) is 0 Å². The van der Waals surface area contributed by atoms with E-state index in [1.807, 2.05) is 6.92 Å². The highest BCUT2D eigenvalue weighted by Gasteiger charge is 2.29. The standard InChI is InChI=1S/C14H25N3OS2/c1-4-20(18)12-8-6-5-7-11(12)15-14-16-13(17-19-14)9-10(2)3/h10-12H,4-9H2,1-3H3,(H,15,16,17). The summed E-state index contributed by atoms with van der Waals surface area (Å²) in [5, 5.41) is 4.66.